The molecule has 1 heterocycles. The molecule has 1 aromatic carbocycles. The van der Waals surface area contributed by atoms with Gasteiger partial charge in [0.15, 0.2) is 6.29 Å². The third kappa shape index (κ3) is 2.36. The van der Waals surface area contributed by atoms with Crippen molar-refractivity contribution in [1.82, 2.24) is 10.6 Å². The summed E-state index contributed by atoms with van der Waals surface area (Å²) in [5, 5.41) is 6.22. The molecule has 90 valence electrons. The van der Waals surface area contributed by atoms with Gasteiger partial charge in [-0.05, 0) is 19.2 Å². The average Bonchev–Trinajstić information content (AvgIpc) is 2.30. The molecule has 0 saturated heterocycles. The highest BCUT2D eigenvalue weighted by Gasteiger charge is 2.24. The first-order valence-electron chi connectivity index (χ1n) is 4.88. The molecule has 0 fully saturated rings. The number of hydrogen-bond donors (Lipinski definition) is 2. The van der Waals surface area contributed by atoms with E-state index < -0.39 is 6.29 Å². The van der Waals surface area contributed by atoms with Crippen LogP contribution in [0.2, 0.25) is 10.0 Å². The van der Waals surface area contributed by atoms with Crippen LogP contribution in [0.15, 0.2) is 23.2 Å². The summed E-state index contributed by atoms with van der Waals surface area (Å²) in [5.74, 6) is 0. The number of rotatable bonds is 2. The molecule has 1 unspecified atom stereocenters. The van der Waals surface area contributed by atoms with Crippen LogP contribution in [-0.2, 0) is 0 Å². The van der Waals surface area contributed by atoms with Crippen LogP contribution >= 0.6 is 23.2 Å². The summed E-state index contributed by atoms with van der Waals surface area (Å²) in [6.07, 6.45) is 0.965. The molecule has 2 N–H and O–H groups in total. The Balaban J connectivity index is 2.38. The zero-order valence-corrected chi connectivity index (χ0v) is 10.5. The van der Waals surface area contributed by atoms with E-state index in [1.165, 1.54) is 11.2 Å². The van der Waals surface area contributed by atoms with E-state index in [1.54, 1.807) is 25.2 Å². The van der Waals surface area contributed by atoms with Gasteiger partial charge in [-0.25, -0.2) is 9.79 Å². The number of nitrogens with zero attached hydrogens (tertiary/aromatic N) is 2. The van der Waals surface area contributed by atoms with Crippen LogP contribution in [0.4, 0.5) is 10.5 Å². The van der Waals surface area contributed by atoms with E-state index >= 15 is 0 Å². The van der Waals surface area contributed by atoms with Gasteiger partial charge in [-0.2, -0.15) is 0 Å². The van der Waals surface area contributed by atoms with Gasteiger partial charge < -0.3 is 5.32 Å². The van der Waals surface area contributed by atoms with Crippen LogP contribution in [0.3, 0.4) is 0 Å². The SMILES string of the molecule is CNC1N=CN(c2c(Cl)cccc2Cl)C(=O)N1. The second kappa shape index (κ2) is 4.91. The van der Waals surface area contributed by atoms with Crippen molar-refractivity contribution in [2.24, 2.45) is 4.99 Å². The molecule has 5 nitrogen and oxygen atoms in total. The average molecular weight is 273 g/mol. The number of hydrogen-bond acceptors (Lipinski definition) is 3. The third-order valence-corrected chi connectivity index (χ3v) is 2.87. The van der Waals surface area contributed by atoms with E-state index in [4.69, 9.17) is 23.2 Å². The van der Waals surface area contributed by atoms with Gasteiger partial charge in [0, 0.05) is 0 Å². The summed E-state index contributed by atoms with van der Waals surface area (Å²) in [6, 6.07) is 4.69. The Hall–Kier alpha value is -1.30. The summed E-state index contributed by atoms with van der Waals surface area (Å²) in [4.78, 5) is 17.2. The lowest BCUT2D eigenvalue weighted by atomic mass is 10.3. The number of urea groups is 1. The normalized spacial score (nSPS) is 19.4. The Morgan fingerprint density at radius 1 is 1.41 bits per heavy atom. The van der Waals surface area contributed by atoms with Crippen molar-refractivity contribution >= 4 is 41.3 Å². The van der Waals surface area contributed by atoms with Crippen LogP contribution in [0.25, 0.3) is 0 Å². The van der Waals surface area contributed by atoms with Gasteiger partial charge in [0.05, 0.1) is 15.7 Å². The van der Waals surface area contributed by atoms with Crippen LogP contribution in [0.1, 0.15) is 0 Å². The predicted molar refractivity (Wildman–Crippen MR) is 68.8 cm³/mol. The van der Waals surface area contributed by atoms with E-state index in [9.17, 15) is 4.79 Å². The third-order valence-electron chi connectivity index (χ3n) is 2.26. The number of aliphatic imine (C=N–C) groups is 1. The molecule has 1 aliphatic heterocycles. The largest absolute Gasteiger partial charge is 0.330 e. The van der Waals surface area contributed by atoms with Gasteiger partial charge in [0.1, 0.15) is 6.34 Å². The highest BCUT2D eigenvalue weighted by molar-refractivity contribution is 6.40. The van der Waals surface area contributed by atoms with Crippen molar-refractivity contribution in [3.05, 3.63) is 28.2 Å². The van der Waals surface area contributed by atoms with Crippen LogP contribution in [0, 0.1) is 0 Å². The number of halogens is 2. The number of benzene rings is 1. The first-order valence-corrected chi connectivity index (χ1v) is 5.63. The minimum absolute atomic E-state index is 0.339. The Bertz CT molecular complexity index is 457. The second-order valence-electron chi connectivity index (χ2n) is 3.35. The van der Waals surface area contributed by atoms with E-state index in [0.717, 1.165) is 0 Å². The molecule has 0 spiro atoms. The molecular formula is C10H10Cl2N4O. The monoisotopic (exact) mass is 272 g/mol. The Morgan fingerprint density at radius 2 is 2.06 bits per heavy atom. The van der Waals surface area contributed by atoms with E-state index in [-0.39, 0.29) is 6.03 Å². The Labute approximate surface area is 108 Å². The summed E-state index contributed by atoms with van der Waals surface area (Å²) in [5.41, 5.74) is 0.423. The first-order chi connectivity index (χ1) is 8.13. The summed E-state index contributed by atoms with van der Waals surface area (Å²) in [7, 11) is 1.69. The van der Waals surface area contributed by atoms with Gasteiger partial charge in [0.25, 0.3) is 0 Å². The number of carbonyl (C=O) groups excluding carboxylic acids is 1. The fourth-order valence-electron chi connectivity index (χ4n) is 1.43. The minimum atomic E-state index is -0.431. The summed E-state index contributed by atoms with van der Waals surface area (Å²) < 4.78 is 0. The molecule has 0 aliphatic carbocycles. The van der Waals surface area contributed by atoms with E-state index in [2.05, 4.69) is 15.6 Å². The van der Waals surface area contributed by atoms with Gasteiger partial charge in [0.2, 0.25) is 0 Å². The molecule has 17 heavy (non-hydrogen) atoms. The molecule has 0 saturated carbocycles. The number of carbonyl (C=O) groups is 1. The number of para-hydroxylation sites is 1. The van der Waals surface area contributed by atoms with Gasteiger partial charge in [-0.3, -0.25) is 10.2 Å². The standard InChI is InChI=1S/C10H10Cl2N4O/c1-13-9-14-5-16(10(17)15-9)8-6(11)3-2-4-7(8)12/h2-5,9,13H,1H3,(H,15,17). The lowest BCUT2D eigenvalue weighted by Crippen LogP contribution is -2.53. The van der Waals surface area contributed by atoms with Crippen LogP contribution in [-0.4, -0.2) is 25.7 Å². The Morgan fingerprint density at radius 3 is 2.59 bits per heavy atom. The maximum absolute atomic E-state index is 11.8. The van der Waals surface area contributed by atoms with Crippen molar-refractivity contribution in [1.29, 1.82) is 0 Å². The van der Waals surface area contributed by atoms with Gasteiger partial charge in [-0.15, -0.1) is 0 Å². The highest BCUT2D eigenvalue weighted by atomic mass is 35.5. The zero-order chi connectivity index (χ0) is 12.4. The van der Waals surface area contributed by atoms with Crippen LogP contribution in [0.5, 0.6) is 0 Å². The first kappa shape index (κ1) is 12.2. The van der Waals surface area contributed by atoms with Crippen LogP contribution < -0.4 is 15.5 Å². The summed E-state index contributed by atoms with van der Waals surface area (Å²) >= 11 is 12.0. The number of nitrogens with one attached hydrogen (secondary N) is 2. The second-order valence-corrected chi connectivity index (χ2v) is 4.16. The van der Waals surface area contributed by atoms with E-state index in [1.807, 2.05) is 0 Å². The fourth-order valence-corrected chi connectivity index (χ4v) is 2.01. The number of amides is 2. The lowest BCUT2D eigenvalue weighted by molar-refractivity contribution is 0.242. The van der Waals surface area contributed by atoms with Crippen molar-refractivity contribution in [3.8, 4) is 0 Å². The van der Waals surface area contributed by atoms with Gasteiger partial charge in [-0.1, -0.05) is 29.3 Å². The van der Waals surface area contributed by atoms with E-state index in [0.29, 0.717) is 15.7 Å². The number of anilines is 1. The molecule has 0 bridgehead atoms. The smallest absolute Gasteiger partial charge is 0.303 e. The molecule has 0 aromatic heterocycles. The maximum Gasteiger partial charge on any atom is 0.330 e. The molecular weight excluding hydrogens is 263 g/mol. The molecule has 7 heteroatoms. The molecule has 1 aliphatic rings. The molecule has 0 radical (unpaired) electrons. The Kier molecular flexibility index (Phi) is 3.51. The lowest BCUT2D eigenvalue weighted by Gasteiger charge is -2.27. The predicted octanol–water partition coefficient (Wildman–Crippen LogP) is 2.05. The molecule has 1 aromatic rings. The van der Waals surface area contributed by atoms with Crippen molar-refractivity contribution in [3.63, 3.8) is 0 Å². The minimum Gasteiger partial charge on any atom is -0.303 e. The van der Waals surface area contributed by atoms with Crippen molar-refractivity contribution in [2.45, 2.75) is 6.29 Å². The van der Waals surface area contributed by atoms with Gasteiger partial charge >= 0.3 is 6.03 Å². The quantitative estimate of drug-likeness (QED) is 0.866. The fraction of sp³-hybridized carbons (Fsp3) is 0.200. The van der Waals surface area contributed by atoms with Crippen molar-refractivity contribution in [2.75, 3.05) is 11.9 Å². The zero-order valence-electron chi connectivity index (χ0n) is 8.95. The topological polar surface area (TPSA) is 56.7 Å². The molecule has 2 rings (SSSR count). The maximum atomic E-state index is 11.8. The van der Waals surface area contributed by atoms with Crippen molar-refractivity contribution < 1.29 is 4.79 Å². The molecule has 1 atom stereocenters. The highest BCUT2D eigenvalue weighted by Crippen LogP contribution is 2.33. The summed E-state index contributed by atoms with van der Waals surface area (Å²) in [6.45, 7) is 0. The molecule has 2 amide bonds.